The number of benzene rings is 1. The normalized spacial score (nSPS) is 11.6. The molecule has 30 heavy (non-hydrogen) atoms. The molecule has 0 fully saturated rings. The lowest BCUT2D eigenvalue weighted by atomic mass is 10.0. The van der Waals surface area contributed by atoms with Crippen LogP contribution in [0.25, 0.3) is 17.0 Å². The van der Waals surface area contributed by atoms with Crippen LogP contribution in [0.4, 0.5) is 0 Å². The first-order valence-electron chi connectivity index (χ1n) is 9.02. The Labute approximate surface area is 183 Å². The molecule has 0 unspecified atom stereocenters. The van der Waals surface area contributed by atoms with Gasteiger partial charge in [-0.25, -0.2) is 9.78 Å². The number of hydrogen-bond acceptors (Lipinski definition) is 7. The van der Waals surface area contributed by atoms with Crippen LogP contribution in [0.3, 0.4) is 0 Å². The smallest absolute Gasteiger partial charge is 0.378 e. The summed E-state index contributed by atoms with van der Waals surface area (Å²) in [7, 11) is 1.23. The van der Waals surface area contributed by atoms with Crippen molar-refractivity contribution >= 4 is 40.9 Å². The summed E-state index contributed by atoms with van der Waals surface area (Å²) in [6, 6.07) is 4.95. The van der Waals surface area contributed by atoms with Gasteiger partial charge in [0.05, 0.1) is 24.2 Å². The number of carbonyl (C=O) groups is 2. The van der Waals surface area contributed by atoms with Crippen LogP contribution in [0.1, 0.15) is 42.6 Å². The Kier molecular flexibility index (Phi) is 6.01. The molecular formula is C20H20Cl2N4O4. The molecule has 0 bridgehead atoms. The van der Waals surface area contributed by atoms with Gasteiger partial charge in [-0.3, -0.25) is 4.79 Å². The number of aromatic nitrogens is 4. The topological polar surface area (TPSA) is 95.7 Å². The molecule has 0 spiro atoms. The third-order valence-corrected chi connectivity index (χ3v) is 4.64. The van der Waals surface area contributed by atoms with Crippen molar-refractivity contribution in [2.24, 2.45) is 0 Å². The molecule has 158 valence electrons. The van der Waals surface area contributed by atoms with Crippen LogP contribution in [-0.4, -0.2) is 44.2 Å². The number of esters is 2. The minimum absolute atomic E-state index is 0.0756. The van der Waals surface area contributed by atoms with Crippen LogP contribution < -0.4 is 0 Å². The summed E-state index contributed by atoms with van der Waals surface area (Å²) in [5.41, 5.74) is 1.44. The first kappa shape index (κ1) is 22.0. The molecule has 0 aliphatic rings. The Balaban J connectivity index is 2.27. The molecule has 3 aromatic rings. The minimum Gasteiger partial charge on any atom is -0.463 e. The van der Waals surface area contributed by atoms with E-state index in [9.17, 15) is 9.59 Å². The van der Waals surface area contributed by atoms with Gasteiger partial charge in [-0.1, -0.05) is 23.2 Å². The average Bonchev–Trinajstić information content (AvgIpc) is 3.04. The van der Waals surface area contributed by atoms with Crippen LogP contribution in [-0.2, 0) is 20.7 Å². The fourth-order valence-corrected chi connectivity index (χ4v) is 3.41. The Morgan fingerprint density at radius 2 is 1.87 bits per heavy atom. The maximum absolute atomic E-state index is 12.6. The second-order valence-corrected chi connectivity index (χ2v) is 8.39. The number of hydrogen-bond donors (Lipinski definition) is 0. The Hall–Kier alpha value is -2.71. The van der Waals surface area contributed by atoms with E-state index < -0.39 is 17.5 Å². The van der Waals surface area contributed by atoms with Crippen LogP contribution in [0.2, 0.25) is 10.0 Å². The molecule has 3 rings (SSSR count). The molecule has 8 nitrogen and oxygen atoms in total. The molecule has 0 atom stereocenters. The number of methoxy groups -OCH3 is 1. The number of rotatable bonds is 4. The molecule has 0 aliphatic carbocycles. The highest BCUT2D eigenvalue weighted by Crippen LogP contribution is 2.34. The van der Waals surface area contributed by atoms with Crippen molar-refractivity contribution in [3.05, 3.63) is 45.3 Å². The monoisotopic (exact) mass is 450 g/mol. The maximum atomic E-state index is 12.6. The lowest BCUT2D eigenvalue weighted by Crippen LogP contribution is -2.25. The number of fused-ring (bicyclic) bond motifs is 1. The van der Waals surface area contributed by atoms with Gasteiger partial charge in [0.2, 0.25) is 0 Å². The van der Waals surface area contributed by atoms with Gasteiger partial charge in [0, 0.05) is 21.8 Å². The molecule has 2 heterocycles. The van der Waals surface area contributed by atoms with Gasteiger partial charge in [0.25, 0.3) is 11.6 Å². The highest BCUT2D eigenvalue weighted by molar-refractivity contribution is 6.36. The molecule has 0 saturated carbocycles. The van der Waals surface area contributed by atoms with E-state index in [-0.39, 0.29) is 18.0 Å². The Bertz CT molecular complexity index is 1150. The number of carbonyl (C=O) groups excluding carboxylic acids is 2. The van der Waals surface area contributed by atoms with Crippen LogP contribution in [0.15, 0.2) is 18.2 Å². The number of aryl methyl sites for hydroxylation is 1. The van der Waals surface area contributed by atoms with Crippen LogP contribution >= 0.6 is 23.2 Å². The van der Waals surface area contributed by atoms with Crippen LogP contribution in [0.5, 0.6) is 0 Å². The van der Waals surface area contributed by atoms with Crippen molar-refractivity contribution in [3.63, 3.8) is 0 Å². The molecular weight excluding hydrogens is 431 g/mol. The van der Waals surface area contributed by atoms with E-state index >= 15 is 0 Å². The lowest BCUT2D eigenvalue weighted by molar-refractivity contribution is -0.153. The second kappa shape index (κ2) is 8.20. The third-order valence-electron chi connectivity index (χ3n) is 4.09. The van der Waals surface area contributed by atoms with E-state index in [0.29, 0.717) is 32.6 Å². The van der Waals surface area contributed by atoms with Gasteiger partial charge in [-0.05, 0) is 45.9 Å². The van der Waals surface area contributed by atoms with Gasteiger partial charge >= 0.3 is 11.9 Å². The fourth-order valence-electron chi connectivity index (χ4n) is 2.91. The summed E-state index contributed by atoms with van der Waals surface area (Å²) in [5.74, 6) is -1.14. The number of halogens is 2. The second-order valence-electron chi connectivity index (χ2n) is 7.55. The van der Waals surface area contributed by atoms with Gasteiger partial charge in [-0.2, -0.15) is 9.50 Å². The van der Waals surface area contributed by atoms with Crippen molar-refractivity contribution in [1.82, 2.24) is 19.6 Å². The highest BCUT2D eigenvalue weighted by atomic mass is 35.5. The van der Waals surface area contributed by atoms with E-state index in [0.717, 1.165) is 0 Å². The van der Waals surface area contributed by atoms with E-state index in [4.69, 9.17) is 32.7 Å². The predicted molar refractivity (Wildman–Crippen MR) is 112 cm³/mol. The molecule has 0 amide bonds. The van der Waals surface area contributed by atoms with E-state index in [2.05, 4.69) is 15.1 Å². The highest BCUT2D eigenvalue weighted by Gasteiger charge is 2.25. The zero-order valence-corrected chi connectivity index (χ0v) is 18.6. The SMILES string of the molecule is COC(=O)c1nc2nc(C)c(CC(=O)OC(C)(C)C)c(-c3ccc(Cl)cc3Cl)n2n1. The third kappa shape index (κ3) is 4.55. The first-order chi connectivity index (χ1) is 14.0. The fraction of sp³-hybridized carbons (Fsp3) is 0.350. The van der Waals surface area contributed by atoms with Crippen molar-refractivity contribution in [2.75, 3.05) is 7.11 Å². The number of ether oxygens (including phenoxy) is 2. The summed E-state index contributed by atoms with van der Waals surface area (Å²) in [5, 5.41) is 5.03. The predicted octanol–water partition coefficient (Wildman–Crippen LogP) is 4.08. The van der Waals surface area contributed by atoms with E-state index in [1.807, 2.05) is 0 Å². The standard InChI is InChI=1S/C20H20Cl2N4O4/c1-10-13(9-15(27)30-20(2,3)4)16(12-7-6-11(21)8-14(12)22)26-19(23-10)24-17(25-26)18(28)29-5/h6-8H,9H2,1-5H3. The molecule has 1 aromatic carbocycles. The van der Waals surface area contributed by atoms with Crippen molar-refractivity contribution < 1.29 is 19.1 Å². The quantitative estimate of drug-likeness (QED) is 0.552. The summed E-state index contributed by atoms with van der Waals surface area (Å²) in [4.78, 5) is 33.1. The lowest BCUT2D eigenvalue weighted by Gasteiger charge is -2.21. The first-order valence-corrected chi connectivity index (χ1v) is 9.77. The summed E-state index contributed by atoms with van der Waals surface area (Å²) < 4.78 is 11.5. The minimum atomic E-state index is -0.708. The summed E-state index contributed by atoms with van der Waals surface area (Å²) in [6.07, 6.45) is -0.0756. The van der Waals surface area contributed by atoms with Gasteiger partial charge in [0.15, 0.2) is 0 Å². The van der Waals surface area contributed by atoms with E-state index in [1.165, 1.54) is 11.6 Å². The van der Waals surface area contributed by atoms with Crippen molar-refractivity contribution in [2.45, 2.75) is 39.7 Å². The van der Waals surface area contributed by atoms with Gasteiger partial charge in [-0.15, -0.1) is 5.10 Å². The zero-order chi connectivity index (χ0) is 22.2. The molecule has 10 heteroatoms. The largest absolute Gasteiger partial charge is 0.463 e. The Morgan fingerprint density at radius 3 is 2.47 bits per heavy atom. The van der Waals surface area contributed by atoms with Crippen molar-refractivity contribution in [1.29, 1.82) is 0 Å². The van der Waals surface area contributed by atoms with Crippen LogP contribution in [0, 0.1) is 6.92 Å². The zero-order valence-electron chi connectivity index (χ0n) is 17.1. The molecule has 0 radical (unpaired) electrons. The molecule has 2 aromatic heterocycles. The van der Waals surface area contributed by atoms with Gasteiger partial charge in [0.1, 0.15) is 5.60 Å². The number of nitrogens with zero attached hydrogens (tertiary/aromatic N) is 4. The van der Waals surface area contributed by atoms with Gasteiger partial charge < -0.3 is 9.47 Å². The van der Waals surface area contributed by atoms with E-state index in [1.54, 1.807) is 45.9 Å². The molecule has 0 N–H and O–H groups in total. The Morgan fingerprint density at radius 1 is 1.17 bits per heavy atom. The summed E-state index contributed by atoms with van der Waals surface area (Å²) in [6.45, 7) is 7.10. The van der Waals surface area contributed by atoms with Crippen molar-refractivity contribution in [3.8, 4) is 11.3 Å². The molecule has 0 saturated heterocycles. The maximum Gasteiger partial charge on any atom is 0.378 e. The summed E-state index contributed by atoms with van der Waals surface area (Å²) >= 11 is 12.5. The molecule has 0 aliphatic heterocycles. The average molecular weight is 451 g/mol.